The fourth-order valence-electron chi connectivity index (χ4n) is 14.1. The van der Waals surface area contributed by atoms with Crippen molar-refractivity contribution in [1.29, 1.82) is 0 Å². The molecule has 2 heterocycles. The Morgan fingerprint density at radius 2 is 1.26 bits per heavy atom. The van der Waals surface area contributed by atoms with Crippen LogP contribution < -0.4 is 16.0 Å². The summed E-state index contributed by atoms with van der Waals surface area (Å²) in [5, 5.41) is 8.11. The lowest BCUT2D eigenvalue weighted by Crippen LogP contribution is -2.65. The predicted molar refractivity (Wildman–Crippen MR) is 392 cm³/mol. The molecule has 24 nitrogen and oxygen atoms in total. The molecule has 3 aliphatic rings. The molecule has 0 radical (unpaired) electrons. The van der Waals surface area contributed by atoms with Gasteiger partial charge in [0.2, 0.25) is 70.9 Å². The number of carbonyl (C=O) groups excluding carboxylic acids is 12. The monoisotopic (exact) mass is 1490 g/mol. The molecule has 12 amide bonds. The Bertz CT molecular complexity index is 3660. The van der Waals surface area contributed by atoms with Gasteiger partial charge in [-0.1, -0.05) is 139 Å². The molecule has 578 valence electrons. The summed E-state index contributed by atoms with van der Waals surface area (Å²) < 4.78 is 42.0. The fraction of sp³-hybridized carbons (Fsp3) is 0.610. The normalized spacial score (nSPS) is 24.8. The Balaban J connectivity index is 1.51. The van der Waals surface area contributed by atoms with Crippen molar-refractivity contribution in [3.05, 3.63) is 105 Å². The second-order valence-corrected chi connectivity index (χ2v) is 30.2. The minimum atomic E-state index is -4.79. The van der Waals surface area contributed by atoms with Crippen LogP contribution in [0.3, 0.4) is 0 Å². The van der Waals surface area contributed by atoms with Crippen LogP contribution in [0, 0.1) is 31.6 Å². The number of halogens is 4. The number of nitrogens with zero attached hydrogens (tertiary/aromatic N) is 9. The second kappa shape index (κ2) is 36.6. The molecule has 6 rings (SSSR count). The molecule has 2 aliphatic heterocycles. The SMILES string of the molecule is CC[C@H](C)[C@@H]1NC(=O)[C@H](CC(C)C)N(C)C(=O)C[C@@H](C(=O)N(C)C)N(C)C(=O)[C@H]([C@@H](C)CC)N(C)C(=O)C2(CCCC2)NC(=O)[C@H](Cc2ccccc2C)N(C)C(=O)[C@H](CCc2ccc(C(F)(F)F)c(Cl)c2)NC(=O)CN(C)C(=O)[C@H](Cc2ccc(C)cc2)N(C)C(=O)[C@@H]2CCN2C(=O)[C@H](C)N(C)C1=O. The number of fused-ring (bicyclic) bond motifs is 1. The van der Waals surface area contributed by atoms with Gasteiger partial charge in [0, 0.05) is 82.8 Å². The zero-order chi connectivity index (χ0) is 78.6. The van der Waals surface area contributed by atoms with Crippen LogP contribution in [0.15, 0.2) is 66.7 Å². The van der Waals surface area contributed by atoms with E-state index in [4.69, 9.17) is 11.6 Å². The van der Waals surface area contributed by atoms with E-state index in [1.165, 1.54) is 106 Å². The molecule has 0 aromatic heterocycles. The van der Waals surface area contributed by atoms with Crippen LogP contribution in [0.2, 0.25) is 5.02 Å². The quantitative estimate of drug-likeness (QED) is 0.157. The van der Waals surface area contributed by atoms with E-state index < -0.39 is 172 Å². The van der Waals surface area contributed by atoms with Crippen LogP contribution in [0.25, 0.3) is 0 Å². The van der Waals surface area contributed by atoms with Crippen molar-refractivity contribution in [3.63, 3.8) is 0 Å². The molecule has 3 fully saturated rings. The number of benzene rings is 3. The number of hydrogen-bond donors (Lipinski definition) is 3. The minimum Gasteiger partial charge on any atom is -0.347 e. The van der Waals surface area contributed by atoms with E-state index in [1.54, 1.807) is 44.2 Å². The molecule has 28 heteroatoms. The number of amides is 12. The molecule has 11 atom stereocenters. The summed E-state index contributed by atoms with van der Waals surface area (Å²) in [5.74, 6) is -9.89. The minimum absolute atomic E-state index is 0.0635. The number of carbonyl (C=O) groups is 12. The first-order valence-corrected chi connectivity index (χ1v) is 36.7. The van der Waals surface area contributed by atoms with Crippen LogP contribution in [0.1, 0.15) is 146 Å². The van der Waals surface area contributed by atoms with Crippen molar-refractivity contribution < 1.29 is 70.7 Å². The second-order valence-electron chi connectivity index (χ2n) is 29.8. The third-order valence-electron chi connectivity index (χ3n) is 21.7. The van der Waals surface area contributed by atoms with Gasteiger partial charge in [-0.3, -0.25) is 57.5 Å². The van der Waals surface area contributed by atoms with Crippen LogP contribution in [-0.4, -0.2) is 251 Å². The van der Waals surface area contributed by atoms with Gasteiger partial charge in [-0.25, -0.2) is 0 Å². The van der Waals surface area contributed by atoms with Crippen LogP contribution in [0.4, 0.5) is 13.2 Å². The highest BCUT2D eigenvalue weighted by Gasteiger charge is 2.51. The molecule has 1 spiro atoms. The number of aryl methyl sites for hydroxylation is 3. The van der Waals surface area contributed by atoms with Crippen LogP contribution in [-0.2, 0) is 83.0 Å². The Morgan fingerprint density at radius 3 is 1.81 bits per heavy atom. The summed E-state index contributed by atoms with van der Waals surface area (Å²) in [6.07, 6.45) is -3.97. The van der Waals surface area contributed by atoms with E-state index in [0.29, 0.717) is 36.8 Å². The summed E-state index contributed by atoms with van der Waals surface area (Å²) in [4.78, 5) is 192. The van der Waals surface area contributed by atoms with Crippen molar-refractivity contribution in [1.82, 2.24) is 60.0 Å². The molecule has 0 unspecified atom stereocenters. The summed E-state index contributed by atoms with van der Waals surface area (Å²) in [6.45, 7) is 15.4. The molecule has 105 heavy (non-hydrogen) atoms. The lowest BCUT2D eigenvalue weighted by molar-refractivity contribution is -0.160. The number of hydrogen-bond acceptors (Lipinski definition) is 12. The van der Waals surface area contributed by atoms with Gasteiger partial charge in [-0.15, -0.1) is 0 Å². The van der Waals surface area contributed by atoms with Crippen molar-refractivity contribution in [2.24, 2.45) is 17.8 Å². The Kier molecular flexibility index (Phi) is 29.7. The first-order valence-electron chi connectivity index (χ1n) is 36.4. The highest BCUT2D eigenvalue weighted by molar-refractivity contribution is 6.31. The van der Waals surface area contributed by atoms with E-state index >= 15 is 24.0 Å². The van der Waals surface area contributed by atoms with Crippen LogP contribution >= 0.6 is 11.6 Å². The molecule has 1 aliphatic carbocycles. The third kappa shape index (κ3) is 20.5. The average Bonchev–Trinajstić information content (AvgIpc) is 1.73. The van der Waals surface area contributed by atoms with E-state index in [-0.39, 0.29) is 69.4 Å². The molecule has 3 N–H and O–H groups in total. The Hall–Kier alpha value is -8.62. The summed E-state index contributed by atoms with van der Waals surface area (Å²) in [7, 11) is 12.6. The molecular weight excluding hydrogens is 1380 g/mol. The topological polar surface area (TPSA) is 270 Å². The maximum Gasteiger partial charge on any atom is 0.417 e. The number of likely N-dealkylation sites (N-methyl/N-ethyl adjacent to an activating group) is 8. The number of rotatable bonds is 14. The standard InChI is InChI=1S/C77H110ClF3N12O12/c1-19-47(6)64-73(103)87(13)50(9)68(98)93-38-35-57(93)72(102)90(16)60(41-52-29-27-46(5)28-30-52)71(101)86(12)44-62(94)82-56(34-32-51-31-33-54(55(78)40-51)77(79,80)81)69(99)89(15)59(42-53-26-22-21-25-49(53)8)67(97)84-76(36-23-24-37-76)75(105)92(18)65(48(7)20-2)74(104)91(17)61(70(100)85(10)11)43-63(95)88(14)58(39-45(3)4)66(96)83-64/h21-22,25-31,33,40,45,47-48,50,56-61,64-65H,19-20,23-24,32,34-39,41-44H2,1-18H3,(H,82,94)(H,83,96)(H,84,97)/t47-,48-,50-,56-,57-,58-,59-,60-,61-,64-,65-/m0/s1. The molecule has 1 saturated carbocycles. The van der Waals surface area contributed by atoms with E-state index in [0.717, 1.165) is 38.0 Å². The Morgan fingerprint density at radius 1 is 0.657 bits per heavy atom. The zero-order valence-electron chi connectivity index (χ0n) is 64.3. The average molecular weight is 1490 g/mol. The fourth-order valence-corrected chi connectivity index (χ4v) is 14.4. The highest BCUT2D eigenvalue weighted by atomic mass is 35.5. The molecule has 3 aromatic carbocycles. The highest BCUT2D eigenvalue weighted by Crippen LogP contribution is 2.37. The van der Waals surface area contributed by atoms with Gasteiger partial charge in [0.25, 0.3) is 0 Å². The van der Waals surface area contributed by atoms with Crippen molar-refractivity contribution in [3.8, 4) is 0 Å². The van der Waals surface area contributed by atoms with Gasteiger partial charge in [0.05, 0.1) is 23.6 Å². The lowest BCUT2D eigenvalue weighted by atomic mass is 9.90. The lowest BCUT2D eigenvalue weighted by Gasteiger charge is -2.45. The first kappa shape index (κ1) is 85.3. The van der Waals surface area contributed by atoms with Gasteiger partial charge >= 0.3 is 6.18 Å². The first-order chi connectivity index (χ1) is 49.1. The number of nitrogens with one attached hydrogen (secondary N) is 3. The van der Waals surface area contributed by atoms with E-state index in [1.807, 2.05) is 59.7 Å². The van der Waals surface area contributed by atoms with Gasteiger partial charge in [-0.05, 0) is 111 Å². The molecule has 2 saturated heterocycles. The number of alkyl halides is 3. The van der Waals surface area contributed by atoms with Gasteiger partial charge in [-0.2, -0.15) is 13.2 Å². The smallest absolute Gasteiger partial charge is 0.347 e. The largest absolute Gasteiger partial charge is 0.417 e. The third-order valence-corrected chi connectivity index (χ3v) is 22.0. The van der Waals surface area contributed by atoms with Gasteiger partial charge in [0.15, 0.2) is 0 Å². The Labute approximate surface area is 621 Å². The predicted octanol–water partition coefficient (Wildman–Crippen LogP) is 6.46. The summed E-state index contributed by atoms with van der Waals surface area (Å²) in [6, 6.07) is 5.56. The zero-order valence-corrected chi connectivity index (χ0v) is 65.1. The summed E-state index contributed by atoms with van der Waals surface area (Å²) >= 11 is 6.20. The van der Waals surface area contributed by atoms with Crippen LogP contribution in [0.5, 0.6) is 0 Å². The van der Waals surface area contributed by atoms with Crippen molar-refractivity contribution in [2.45, 2.75) is 212 Å². The molecule has 0 bridgehead atoms. The van der Waals surface area contributed by atoms with Crippen molar-refractivity contribution >= 4 is 82.5 Å². The van der Waals surface area contributed by atoms with Crippen molar-refractivity contribution in [2.75, 3.05) is 76.5 Å². The maximum atomic E-state index is 15.7. The molecule has 3 aromatic rings. The molecular formula is C77H110ClF3N12O12. The summed E-state index contributed by atoms with van der Waals surface area (Å²) in [5.41, 5.74) is 0.376. The van der Waals surface area contributed by atoms with E-state index in [9.17, 15) is 46.7 Å². The van der Waals surface area contributed by atoms with Gasteiger partial charge in [0.1, 0.15) is 59.9 Å². The van der Waals surface area contributed by atoms with E-state index in [2.05, 4.69) is 16.0 Å². The van der Waals surface area contributed by atoms with Gasteiger partial charge < -0.3 is 60.0 Å². The maximum absolute atomic E-state index is 15.7.